The lowest BCUT2D eigenvalue weighted by molar-refractivity contribution is -0.383. The van der Waals surface area contributed by atoms with Crippen molar-refractivity contribution in [3.8, 4) is 23.1 Å². The first kappa shape index (κ1) is 18.5. The first-order valence-corrected chi connectivity index (χ1v) is 9.83. The Kier molecular flexibility index (Phi) is 4.55. The van der Waals surface area contributed by atoms with E-state index in [1.54, 1.807) is 24.3 Å². The molecule has 2 aromatic heterocycles. The molecular weight excluding hydrogens is 456 g/mol. The van der Waals surface area contributed by atoms with Crippen LogP contribution in [0.3, 0.4) is 0 Å². The van der Waals surface area contributed by atoms with Crippen molar-refractivity contribution >= 4 is 32.5 Å². The van der Waals surface area contributed by atoms with Gasteiger partial charge in [0.25, 0.3) is 11.6 Å². The van der Waals surface area contributed by atoms with Crippen molar-refractivity contribution in [1.29, 1.82) is 0 Å². The highest BCUT2D eigenvalue weighted by Crippen LogP contribution is 2.39. The smallest absolute Gasteiger partial charge is 0.295 e. The van der Waals surface area contributed by atoms with E-state index in [4.69, 9.17) is 14.0 Å². The summed E-state index contributed by atoms with van der Waals surface area (Å²) in [6, 6.07) is 12.0. The summed E-state index contributed by atoms with van der Waals surface area (Å²) in [5, 5.41) is 16.0. The molecule has 150 valence electrons. The number of aromatic nitrogens is 3. The normalized spacial score (nSPS) is 12.8. The molecule has 0 N–H and O–H groups in total. The van der Waals surface area contributed by atoms with Crippen molar-refractivity contribution in [2.24, 2.45) is 0 Å². The summed E-state index contributed by atoms with van der Waals surface area (Å²) in [5.41, 5.74) is 1.49. The quantitative estimate of drug-likeness (QED) is 0.321. The molecule has 0 aliphatic carbocycles. The summed E-state index contributed by atoms with van der Waals surface area (Å²) in [6.07, 6.45) is 0.409. The Hall–Kier alpha value is -3.53. The maximum atomic E-state index is 11.3. The van der Waals surface area contributed by atoms with E-state index in [9.17, 15) is 10.1 Å². The van der Waals surface area contributed by atoms with Gasteiger partial charge < -0.3 is 14.0 Å². The van der Waals surface area contributed by atoms with E-state index >= 15 is 0 Å². The molecule has 1 aliphatic rings. The Labute approximate surface area is 177 Å². The van der Waals surface area contributed by atoms with Crippen molar-refractivity contribution in [3.63, 3.8) is 0 Å². The number of hydrogen-bond donors (Lipinski definition) is 0. The number of ether oxygens (including phenoxy) is 2. The number of pyridine rings is 1. The van der Waals surface area contributed by atoms with Crippen LogP contribution in [0.15, 0.2) is 51.5 Å². The van der Waals surface area contributed by atoms with Gasteiger partial charge in [-0.25, -0.2) is 4.98 Å². The number of hydrogen-bond acceptors (Lipinski definition) is 8. The van der Waals surface area contributed by atoms with Crippen molar-refractivity contribution in [2.45, 2.75) is 6.42 Å². The standard InChI is InChI=1S/C20H13BrN4O5/c21-13-8-11(9-16-19(13)29-7-6-28-16)10-17-23-20(30-24-17)14-5-4-12-2-1-3-15(25(26)27)18(12)22-14/h1-5,8-9H,6-7,10H2. The maximum absolute atomic E-state index is 11.3. The predicted molar refractivity (Wildman–Crippen MR) is 110 cm³/mol. The third-order valence-electron chi connectivity index (χ3n) is 4.60. The fraction of sp³-hybridized carbons (Fsp3) is 0.150. The van der Waals surface area contributed by atoms with E-state index in [0.29, 0.717) is 48.0 Å². The lowest BCUT2D eigenvalue weighted by Gasteiger charge is -2.20. The van der Waals surface area contributed by atoms with E-state index < -0.39 is 4.92 Å². The molecular formula is C20H13BrN4O5. The minimum atomic E-state index is -0.460. The molecule has 0 radical (unpaired) electrons. The highest BCUT2D eigenvalue weighted by molar-refractivity contribution is 9.10. The minimum absolute atomic E-state index is 0.0739. The summed E-state index contributed by atoms with van der Waals surface area (Å²) >= 11 is 3.50. The number of fused-ring (bicyclic) bond motifs is 2. The molecule has 9 nitrogen and oxygen atoms in total. The zero-order valence-corrected chi connectivity index (χ0v) is 17.0. The number of rotatable bonds is 4. The highest BCUT2D eigenvalue weighted by Gasteiger charge is 2.19. The Balaban J connectivity index is 1.45. The fourth-order valence-electron chi connectivity index (χ4n) is 3.28. The molecule has 0 bridgehead atoms. The van der Waals surface area contributed by atoms with Gasteiger partial charge in [-0.1, -0.05) is 23.4 Å². The number of nitro benzene ring substituents is 1. The van der Waals surface area contributed by atoms with Gasteiger partial charge in [-0.2, -0.15) is 4.98 Å². The number of halogens is 1. The second kappa shape index (κ2) is 7.38. The summed E-state index contributed by atoms with van der Waals surface area (Å²) in [7, 11) is 0. The average molecular weight is 469 g/mol. The largest absolute Gasteiger partial charge is 0.486 e. The molecule has 10 heteroatoms. The molecule has 4 aromatic rings. The van der Waals surface area contributed by atoms with E-state index in [-0.39, 0.29) is 17.1 Å². The van der Waals surface area contributed by atoms with Gasteiger partial charge in [0.05, 0.1) is 9.40 Å². The third-order valence-corrected chi connectivity index (χ3v) is 5.19. The average Bonchev–Trinajstić information content (AvgIpc) is 3.21. The van der Waals surface area contributed by atoms with Gasteiger partial charge in [-0.05, 0) is 39.7 Å². The van der Waals surface area contributed by atoms with Gasteiger partial charge in [0.2, 0.25) is 0 Å². The minimum Gasteiger partial charge on any atom is -0.486 e. The Bertz CT molecular complexity index is 1290. The van der Waals surface area contributed by atoms with Crippen molar-refractivity contribution < 1.29 is 18.9 Å². The zero-order chi connectivity index (χ0) is 20.7. The molecule has 0 atom stereocenters. The van der Waals surface area contributed by atoms with E-state index in [0.717, 1.165) is 10.0 Å². The first-order chi connectivity index (χ1) is 14.6. The first-order valence-electron chi connectivity index (χ1n) is 9.03. The number of nitro groups is 1. The number of benzene rings is 2. The van der Waals surface area contributed by atoms with Crippen LogP contribution >= 0.6 is 15.9 Å². The topological polar surface area (TPSA) is 113 Å². The molecule has 5 rings (SSSR count). The van der Waals surface area contributed by atoms with Crippen LogP contribution < -0.4 is 9.47 Å². The van der Waals surface area contributed by atoms with Gasteiger partial charge >= 0.3 is 0 Å². The number of nitrogens with zero attached hydrogens (tertiary/aromatic N) is 4. The van der Waals surface area contributed by atoms with E-state index in [1.165, 1.54) is 6.07 Å². The Morgan fingerprint density at radius 3 is 2.83 bits per heavy atom. The monoisotopic (exact) mass is 468 g/mol. The SMILES string of the molecule is O=[N+]([O-])c1cccc2ccc(-c3nc(Cc4cc(Br)c5c(c4)OCCO5)no3)nc12. The van der Waals surface area contributed by atoms with Gasteiger partial charge in [0, 0.05) is 17.9 Å². The summed E-state index contributed by atoms with van der Waals surface area (Å²) in [5.74, 6) is 2.00. The van der Waals surface area contributed by atoms with Gasteiger partial charge in [0.1, 0.15) is 24.4 Å². The van der Waals surface area contributed by atoms with Crippen molar-refractivity contribution in [1.82, 2.24) is 15.1 Å². The van der Waals surface area contributed by atoms with Crippen LogP contribution in [0, 0.1) is 10.1 Å². The number of para-hydroxylation sites is 1. The van der Waals surface area contributed by atoms with Crippen LogP contribution in [0.1, 0.15) is 11.4 Å². The molecule has 0 saturated heterocycles. The lowest BCUT2D eigenvalue weighted by Crippen LogP contribution is -2.16. The summed E-state index contributed by atoms with van der Waals surface area (Å²) in [4.78, 5) is 19.6. The van der Waals surface area contributed by atoms with Crippen LogP contribution in [0.5, 0.6) is 11.5 Å². The second-order valence-electron chi connectivity index (χ2n) is 6.60. The molecule has 1 aliphatic heterocycles. The van der Waals surface area contributed by atoms with E-state index in [2.05, 4.69) is 31.1 Å². The van der Waals surface area contributed by atoms with Gasteiger partial charge in [-0.15, -0.1) is 0 Å². The zero-order valence-electron chi connectivity index (χ0n) is 15.4. The van der Waals surface area contributed by atoms with Crippen molar-refractivity contribution in [3.05, 3.63) is 68.4 Å². The van der Waals surface area contributed by atoms with Crippen LogP contribution in [-0.4, -0.2) is 33.3 Å². The molecule has 3 heterocycles. The van der Waals surface area contributed by atoms with E-state index in [1.807, 2.05) is 12.1 Å². The van der Waals surface area contributed by atoms with Crippen LogP contribution in [0.25, 0.3) is 22.5 Å². The Morgan fingerprint density at radius 1 is 1.10 bits per heavy atom. The molecule has 0 unspecified atom stereocenters. The molecule has 0 amide bonds. The molecule has 0 saturated carbocycles. The second-order valence-corrected chi connectivity index (χ2v) is 7.45. The van der Waals surface area contributed by atoms with Gasteiger partial charge in [-0.3, -0.25) is 10.1 Å². The van der Waals surface area contributed by atoms with Gasteiger partial charge in [0.15, 0.2) is 17.3 Å². The van der Waals surface area contributed by atoms with Crippen LogP contribution in [0.2, 0.25) is 0 Å². The molecule has 30 heavy (non-hydrogen) atoms. The molecule has 2 aromatic carbocycles. The Morgan fingerprint density at radius 2 is 1.97 bits per heavy atom. The lowest BCUT2D eigenvalue weighted by atomic mass is 10.1. The summed E-state index contributed by atoms with van der Waals surface area (Å²) < 4.78 is 17.4. The van der Waals surface area contributed by atoms with Crippen LogP contribution in [0.4, 0.5) is 5.69 Å². The third kappa shape index (κ3) is 3.35. The highest BCUT2D eigenvalue weighted by atomic mass is 79.9. The predicted octanol–water partition coefficient (Wildman–Crippen LogP) is 4.32. The maximum Gasteiger partial charge on any atom is 0.295 e. The van der Waals surface area contributed by atoms with Crippen LogP contribution in [-0.2, 0) is 6.42 Å². The molecule has 0 fully saturated rings. The molecule has 0 spiro atoms. The van der Waals surface area contributed by atoms with Crippen molar-refractivity contribution in [2.75, 3.05) is 13.2 Å². The summed E-state index contributed by atoms with van der Waals surface area (Å²) in [6.45, 7) is 1.01. The fourth-order valence-corrected chi connectivity index (χ4v) is 3.88. The number of non-ortho nitro benzene ring substituents is 1.